The van der Waals surface area contributed by atoms with E-state index in [4.69, 9.17) is 13.2 Å². The van der Waals surface area contributed by atoms with Crippen LogP contribution in [0.25, 0.3) is 0 Å². The predicted molar refractivity (Wildman–Crippen MR) is 115 cm³/mol. The molecular formula is C20H32N4O8S. The van der Waals surface area contributed by atoms with Crippen molar-refractivity contribution in [1.82, 2.24) is 20.6 Å². The number of amides is 3. The van der Waals surface area contributed by atoms with Crippen molar-refractivity contribution in [3.05, 3.63) is 12.3 Å². The summed E-state index contributed by atoms with van der Waals surface area (Å²) in [5, 5.41) is 6.87. The molecule has 3 fully saturated rings. The molecule has 0 aromatic rings. The Hall–Kier alpha value is -2.22. The van der Waals surface area contributed by atoms with E-state index >= 15 is 0 Å². The van der Waals surface area contributed by atoms with Crippen LogP contribution < -0.4 is 10.6 Å². The van der Waals surface area contributed by atoms with E-state index in [1.54, 1.807) is 6.92 Å². The first-order valence-electron chi connectivity index (χ1n) is 11.1. The van der Waals surface area contributed by atoms with Crippen molar-refractivity contribution in [3.63, 3.8) is 0 Å². The van der Waals surface area contributed by atoms with Crippen LogP contribution in [0.4, 0.5) is 4.79 Å². The molecule has 3 rings (SSSR count). The lowest BCUT2D eigenvalue weighted by atomic mass is 9.95. The number of nitrogens with zero attached hydrogens (tertiary/aromatic N) is 2. The molecule has 0 spiro atoms. The quantitative estimate of drug-likeness (QED) is 0.441. The number of nitrogens with one attached hydrogen (secondary N) is 2. The van der Waals surface area contributed by atoms with E-state index in [9.17, 15) is 22.8 Å². The summed E-state index contributed by atoms with van der Waals surface area (Å²) in [5.74, 6) is -0.928. The highest BCUT2D eigenvalue weighted by Gasteiger charge is 2.52. The molecule has 0 saturated carbocycles. The molecule has 0 radical (unpaired) electrons. The molecule has 0 aliphatic carbocycles. The van der Waals surface area contributed by atoms with Crippen LogP contribution >= 0.6 is 0 Å². The molecule has 3 amide bonds. The Morgan fingerprint density at radius 1 is 1.21 bits per heavy atom. The van der Waals surface area contributed by atoms with Crippen molar-refractivity contribution >= 4 is 28.3 Å². The molecule has 2 N–H and O–H groups in total. The summed E-state index contributed by atoms with van der Waals surface area (Å²) in [4.78, 5) is 38.9. The summed E-state index contributed by atoms with van der Waals surface area (Å²) in [6.07, 6.45) is 2.23. The Bertz CT molecular complexity index is 900. The second kappa shape index (κ2) is 9.95. The normalized spacial score (nSPS) is 24.2. The van der Waals surface area contributed by atoms with Crippen LogP contribution in [0.1, 0.15) is 46.5 Å². The molecule has 2 bridgehead atoms. The Morgan fingerprint density at radius 2 is 1.88 bits per heavy atom. The van der Waals surface area contributed by atoms with E-state index in [1.165, 1.54) is 18.7 Å². The minimum absolute atomic E-state index is 0.0197. The number of fused-ring (bicyclic) bond motifs is 2. The SMILES string of the molecule is C=C1[C@H]2CC[C@@H](C(=O)NC3CCNCC3)N1C(=O)N2OS(=O)(=O)OCC(C)(C)C(=O)OCC. The van der Waals surface area contributed by atoms with Crippen LogP contribution in [0.3, 0.4) is 0 Å². The molecule has 186 valence electrons. The molecule has 3 saturated heterocycles. The van der Waals surface area contributed by atoms with E-state index in [0.29, 0.717) is 23.6 Å². The number of carbonyl (C=O) groups excluding carboxylic acids is 3. The minimum Gasteiger partial charge on any atom is -0.466 e. The van der Waals surface area contributed by atoms with E-state index in [-0.39, 0.29) is 18.6 Å². The van der Waals surface area contributed by atoms with E-state index in [1.807, 2.05) is 0 Å². The van der Waals surface area contributed by atoms with Crippen molar-refractivity contribution in [1.29, 1.82) is 0 Å². The molecule has 0 aromatic heterocycles. The zero-order valence-corrected chi connectivity index (χ0v) is 20.0. The average Bonchev–Trinajstić information content (AvgIpc) is 2.89. The van der Waals surface area contributed by atoms with Crippen molar-refractivity contribution in [3.8, 4) is 0 Å². The third-order valence-electron chi connectivity index (χ3n) is 5.95. The van der Waals surface area contributed by atoms with Crippen LogP contribution in [-0.4, -0.2) is 80.7 Å². The zero-order valence-electron chi connectivity index (χ0n) is 19.2. The van der Waals surface area contributed by atoms with E-state index < -0.39 is 46.5 Å². The Morgan fingerprint density at radius 3 is 2.52 bits per heavy atom. The first-order valence-corrected chi connectivity index (χ1v) is 12.4. The van der Waals surface area contributed by atoms with Crippen LogP contribution in [0.15, 0.2) is 12.3 Å². The molecule has 12 nitrogen and oxygen atoms in total. The number of hydroxylamine groups is 2. The summed E-state index contributed by atoms with van der Waals surface area (Å²) in [6.45, 7) is 9.65. The number of hydrogen-bond donors (Lipinski definition) is 2. The molecule has 13 heteroatoms. The van der Waals surface area contributed by atoms with Crippen molar-refractivity contribution in [2.75, 3.05) is 26.3 Å². The van der Waals surface area contributed by atoms with Crippen LogP contribution in [-0.2, 0) is 33.2 Å². The summed E-state index contributed by atoms with van der Waals surface area (Å²) >= 11 is 0. The molecule has 0 unspecified atom stereocenters. The van der Waals surface area contributed by atoms with Crippen molar-refractivity contribution in [2.45, 2.75) is 64.6 Å². The van der Waals surface area contributed by atoms with Gasteiger partial charge in [-0.2, -0.15) is 13.5 Å². The largest absolute Gasteiger partial charge is 0.466 e. The topological polar surface area (TPSA) is 144 Å². The maximum Gasteiger partial charge on any atom is 0.421 e. The number of esters is 1. The highest BCUT2D eigenvalue weighted by Crippen LogP contribution is 2.38. The lowest BCUT2D eigenvalue weighted by Gasteiger charge is -2.33. The lowest BCUT2D eigenvalue weighted by molar-refractivity contribution is -0.155. The fraction of sp³-hybridized carbons (Fsp3) is 0.750. The van der Waals surface area contributed by atoms with Crippen molar-refractivity contribution in [2.24, 2.45) is 5.41 Å². The molecule has 0 aromatic carbocycles. The molecule has 3 aliphatic heterocycles. The standard InChI is InChI=1S/C20H32N4O8S/c1-5-30-18(26)20(3,4)12-31-33(28,29)32-24-15-6-7-16(23(13(15)2)19(24)27)17(25)22-14-8-10-21-11-9-14/h14-16,21H,2,5-12H2,1,3-4H3,(H,22,25)/t15-,16+/m1/s1. The summed E-state index contributed by atoms with van der Waals surface area (Å²) in [6, 6.07) is -2.32. The smallest absolute Gasteiger partial charge is 0.421 e. The van der Waals surface area contributed by atoms with Gasteiger partial charge in [-0.1, -0.05) is 6.58 Å². The van der Waals surface area contributed by atoms with Crippen LogP contribution in [0.5, 0.6) is 0 Å². The maximum absolute atomic E-state index is 13.0. The monoisotopic (exact) mass is 488 g/mol. The highest BCUT2D eigenvalue weighted by atomic mass is 32.3. The molecule has 33 heavy (non-hydrogen) atoms. The van der Waals surface area contributed by atoms with Gasteiger partial charge in [0.25, 0.3) is 0 Å². The first-order chi connectivity index (χ1) is 15.5. The number of ether oxygens (including phenoxy) is 1. The van der Waals surface area contributed by atoms with Gasteiger partial charge in [-0.3, -0.25) is 14.5 Å². The van der Waals surface area contributed by atoms with Gasteiger partial charge in [-0.25, -0.2) is 8.98 Å². The van der Waals surface area contributed by atoms with Gasteiger partial charge in [0, 0.05) is 11.7 Å². The molecule has 3 heterocycles. The van der Waals surface area contributed by atoms with Gasteiger partial charge in [-0.05, 0) is 59.5 Å². The second-order valence-corrected chi connectivity index (χ2v) is 10.2. The second-order valence-electron chi connectivity index (χ2n) is 8.96. The third kappa shape index (κ3) is 5.65. The predicted octanol–water partition coefficient (Wildman–Crippen LogP) is 0.419. The highest BCUT2D eigenvalue weighted by molar-refractivity contribution is 7.81. The number of rotatable bonds is 9. The zero-order chi connectivity index (χ0) is 24.4. The number of piperidine rings is 2. The fourth-order valence-electron chi connectivity index (χ4n) is 4.04. The maximum atomic E-state index is 13.0. The summed E-state index contributed by atoms with van der Waals surface area (Å²) in [5.41, 5.74) is -0.957. The van der Waals surface area contributed by atoms with Crippen LogP contribution in [0, 0.1) is 5.41 Å². The van der Waals surface area contributed by atoms with Gasteiger partial charge < -0.3 is 15.4 Å². The van der Waals surface area contributed by atoms with Crippen molar-refractivity contribution < 1.29 is 36.0 Å². The number of hydrogen-bond acceptors (Lipinski definition) is 9. The minimum atomic E-state index is -4.68. The number of urea groups is 1. The third-order valence-corrected chi connectivity index (χ3v) is 6.70. The average molecular weight is 489 g/mol. The van der Waals surface area contributed by atoms with Gasteiger partial charge in [0.05, 0.1) is 18.6 Å². The Kier molecular flexibility index (Phi) is 7.66. The molecule has 3 aliphatic rings. The first kappa shape index (κ1) is 25.4. The van der Waals surface area contributed by atoms with Crippen LogP contribution in [0.2, 0.25) is 0 Å². The van der Waals surface area contributed by atoms with Gasteiger partial charge in [0.2, 0.25) is 5.91 Å². The summed E-state index contributed by atoms with van der Waals surface area (Å²) < 4.78 is 39.5. The lowest BCUT2D eigenvalue weighted by Crippen LogP contribution is -2.52. The van der Waals surface area contributed by atoms with Gasteiger partial charge in [-0.15, -0.1) is 4.28 Å². The van der Waals surface area contributed by atoms with E-state index in [2.05, 4.69) is 17.2 Å². The number of carbonyl (C=O) groups is 3. The molecule has 2 atom stereocenters. The summed E-state index contributed by atoms with van der Waals surface area (Å²) in [7, 11) is -4.68. The van der Waals surface area contributed by atoms with Gasteiger partial charge in [0.1, 0.15) is 12.1 Å². The molecular weight excluding hydrogens is 456 g/mol. The Balaban J connectivity index is 1.63. The van der Waals surface area contributed by atoms with Gasteiger partial charge in [0.15, 0.2) is 0 Å². The van der Waals surface area contributed by atoms with E-state index in [0.717, 1.165) is 25.9 Å². The fourth-order valence-corrected chi connectivity index (χ4v) is 4.89. The van der Waals surface area contributed by atoms with Gasteiger partial charge >= 0.3 is 22.4 Å². The Labute approximate surface area is 193 Å².